The summed E-state index contributed by atoms with van der Waals surface area (Å²) in [5.74, 6) is 0.0942. The van der Waals surface area contributed by atoms with Crippen molar-refractivity contribution in [3.8, 4) is 0 Å². The molecule has 2 atom stereocenters. The molecule has 1 saturated heterocycles. The number of amides is 1. The first-order valence-corrected chi connectivity index (χ1v) is 9.01. The first-order chi connectivity index (χ1) is 11.8. The van der Waals surface area contributed by atoms with E-state index in [9.17, 15) is 4.79 Å². The van der Waals surface area contributed by atoms with Crippen molar-refractivity contribution in [3.05, 3.63) is 52.5 Å². The summed E-state index contributed by atoms with van der Waals surface area (Å²) in [5, 5.41) is 1.94. The second kappa shape index (κ2) is 8.37. The number of pyridine rings is 1. The normalized spacial score (nSPS) is 20.5. The van der Waals surface area contributed by atoms with E-state index in [2.05, 4.69) is 4.98 Å². The summed E-state index contributed by atoms with van der Waals surface area (Å²) in [6, 6.07) is 7.80. The van der Waals surface area contributed by atoms with Gasteiger partial charge in [-0.3, -0.25) is 9.78 Å². The number of methoxy groups -OCH3 is 1. The molecule has 2 aromatic heterocycles. The van der Waals surface area contributed by atoms with Gasteiger partial charge in [0.15, 0.2) is 0 Å². The number of aromatic nitrogens is 1. The highest BCUT2D eigenvalue weighted by atomic mass is 32.1. The Bertz CT molecular complexity index is 633. The molecular weight excluding hydrogens is 324 g/mol. The van der Waals surface area contributed by atoms with Gasteiger partial charge in [0.1, 0.15) is 0 Å². The number of nitrogens with zero attached hydrogens (tertiary/aromatic N) is 2. The minimum absolute atomic E-state index is 0.0284. The highest BCUT2D eigenvalue weighted by Crippen LogP contribution is 2.27. The smallest absolute Gasteiger partial charge is 0.264 e. The van der Waals surface area contributed by atoms with E-state index in [1.54, 1.807) is 13.3 Å². The Morgan fingerprint density at radius 2 is 2.29 bits per heavy atom. The monoisotopic (exact) mass is 346 g/mol. The van der Waals surface area contributed by atoms with Crippen LogP contribution in [0.25, 0.3) is 0 Å². The van der Waals surface area contributed by atoms with E-state index >= 15 is 0 Å². The molecule has 1 aliphatic heterocycles. The quantitative estimate of drug-likeness (QED) is 0.723. The van der Waals surface area contributed by atoms with Crippen LogP contribution in [0.3, 0.4) is 0 Å². The molecule has 0 N–H and O–H groups in total. The summed E-state index contributed by atoms with van der Waals surface area (Å²) in [6.45, 7) is 1.83. The number of rotatable bonds is 7. The van der Waals surface area contributed by atoms with Crippen LogP contribution in [0.2, 0.25) is 0 Å². The number of carbonyl (C=O) groups is 1. The van der Waals surface area contributed by atoms with Crippen LogP contribution in [0.15, 0.2) is 42.0 Å². The number of thiophene rings is 1. The van der Waals surface area contributed by atoms with Crippen molar-refractivity contribution in [1.82, 2.24) is 9.88 Å². The van der Waals surface area contributed by atoms with E-state index in [1.807, 2.05) is 40.7 Å². The van der Waals surface area contributed by atoms with Gasteiger partial charge < -0.3 is 14.4 Å². The van der Waals surface area contributed by atoms with Crippen molar-refractivity contribution < 1.29 is 14.3 Å². The Hall–Kier alpha value is -1.76. The molecule has 0 spiro atoms. The molecule has 2 aromatic rings. The number of hydrogen-bond donors (Lipinski definition) is 0. The van der Waals surface area contributed by atoms with Crippen LogP contribution in [0, 0.1) is 0 Å². The molecule has 0 aliphatic carbocycles. The largest absolute Gasteiger partial charge is 0.382 e. The first-order valence-electron chi connectivity index (χ1n) is 8.13. The fourth-order valence-electron chi connectivity index (χ4n) is 3.10. The number of hydrogen-bond acceptors (Lipinski definition) is 5. The molecule has 128 valence electrons. The van der Waals surface area contributed by atoms with E-state index in [1.165, 1.54) is 11.3 Å². The lowest BCUT2D eigenvalue weighted by Crippen LogP contribution is -2.42. The van der Waals surface area contributed by atoms with Gasteiger partial charge in [0.2, 0.25) is 0 Å². The first kappa shape index (κ1) is 17.1. The molecule has 0 saturated carbocycles. The van der Waals surface area contributed by atoms with Gasteiger partial charge in [-0.05, 0) is 35.9 Å². The van der Waals surface area contributed by atoms with Crippen LogP contribution < -0.4 is 0 Å². The van der Waals surface area contributed by atoms with Gasteiger partial charge in [-0.25, -0.2) is 0 Å². The van der Waals surface area contributed by atoms with Gasteiger partial charge in [-0.2, -0.15) is 0 Å². The van der Waals surface area contributed by atoms with Crippen molar-refractivity contribution in [2.45, 2.75) is 25.0 Å². The lowest BCUT2D eigenvalue weighted by atomic mass is 10.0. The van der Waals surface area contributed by atoms with E-state index in [4.69, 9.17) is 9.47 Å². The Morgan fingerprint density at radius 3 is 3.00 bits per heavy atom. The molecule has 1 amide bonds. The molecule has 1 fully saturated rings. The standard InChI is InChI=1S/C18H22N2O3S/c1-22-9-10-23-16-6-8-20(18(21)17-5-3-11-24-17)15(16)12-14-4-2-7-19-13-14/h2-5,7,11,13,15-16H,6,8-10,12H2,1H3/t15-,16-/m0/s1. The number of likely N-dealkylation sites (tertiary alicyclic amines) is 1. The van der Waals surface area contributed by atoms with Gasteiger partial charge in [-0.1, -0.05) is 12.1 Å². The molecule has 0 unspecified atom stereocenters. The number of carbonyl (C=O) groups excluding carboxylic acids is 1. The Morgan fingerprint density at radius 1 is 1.38 bits per heavy atom. The number of ether oxygens (including phenoxy) is 2. The Kier molecular flexibility index (Phi) is 5.96. The van der Waals surface area contributed by atoms with Gasteiger partial charge in [0, 0.05) is 26.0 Å². The van der Waals surface area contributed by atoms with Crippen molar-refractivity contribution in [2.24, 2.45) is 0 Å². The minimum Gasteiger partial charge on any atom is -0.382 e. The topological polar surface area (TPSA) is 51.7 Å². The summed E-state index contributed by atoms with van der Waals surface area (Å²) in [7, 11) is 1.66. The summed E-state index contributed by atoms with van der Waals surface area (Å²) < 4.78 is 11.1. The zero-order valence-electron chi connectivity index (χ0n) is 13.8. The molecule has 1 aliphatic rings. The average Bonchev–Trinajstić information content (AvgIpc) is 3.26. The lowest BCUT2D eigenvalue weighted by molar-refractivity contribution is 0.000547. The molecule has 3 heterocycles. The van der Waals surface area contributed by atoms with Crippen molar-refractivity contribution in [2.75, 3.05) is 26.9 Å². The van der Waals surface area contributed by atoms with Crippen molar-refractivity contribution in [1.29, 1.82) is 0 Å². The van der Waals surface area contributed by atoms with Gasteiger partial charge >= 0.3 is 0 Å². The Balaban J connectivity index is 1.75. The van der Waals surface area contributed by atoms with Crippen LogP contribution in [-0.4, -0.2) is 54.8 Å². The molecular formula is C18H22N2O3S. The maximum Gasteiger partial charge on any atom is 0.264 e. The second-order valence-electron chi connectivity index (χ2n) is 5.80. The van der Waals surface area contributed by atoms with Gasteiger partial charge in [0.05, 0.1) is 30.2 Å². The predicted octanol–water partition coefficient (Wildman–Crippen LogP) is 2.63. The third kappa shape index (κ3) is 4.01. The molecule has 0 radical (unpaired) electrons. The van der Waals surface area contributed by atoms with Gasteiger partial charge in [-0.15, -0.1) is 11.3 Å². The molecule has 24 heavy (non-hydrogen) atoms. The van der Waals surface area contributed by atoms with Crippen LogP contribution >= 0.6 is 11.3 Å². The molecule has 0 bridgehead atoms. The maximum absolute atomic E-state index is 12.8. The van der Waals surface area contributed by atoms with Crippen LogP contribution in [0.1, 0.15) is 21.7 Å². The zero-order chi connectivity index (χ0) is 16.8. The molecule has 5 nitrogen and oxygen atoms in total. The van der Waals surface area contributed by atoms with Crippen LogP contribution in [0.4, 0.5) is 0 Å². The fourth-order valence-corrected chi connectivity index (χ4v) is 3.78. The van der Waals surface area contributed by atoms with E-state index in [0.29, 0.717) is 13.2 Å². The second-order valence-corrected chi connectivity index (χ2v) is 6.75. The third-order valence-electron chi connectivity index (χ3n) is 4.26. The molecule has 6 heteroatoms. The summed E-state index contributed by atoms with van der Waals surface area (Å²) in [6.07, 6.45) is 5.26. The predicted molar refractivity (Wildman–Crippen MR) is 93.3 cm³/mol. The minimum atomic E-state index is 0.0284. The van der Waals surface area contributed by atoms with Crippen molar-refractivity contribution >= 4 is 17.2 Å². The van der Waals surface area contributed by atoms with E-state index in [0.717, 1.165) is 29.8 Å². The van der Waals surface area contributed by atoms with Crippen molar-refractivity contribution in [3.63, 3.8) is 0 Å². The highest BCUT2D eigenvalue weighted by Gasteiger charge is 2.38. The Labute approximate surface area is 146 Å². The fraction of sp³-hybridized carbons (Fsp3) is 0.444. The maximum atomic E-state index is 12.8. The zero-order valence-corrected chi connectivity index (χ0v) is 14.6. The summed E-state index contributed by atoms with van der Waals surface area (Å²) in [4.78, 5) is 19.7. The summed E-state index contributed by atoms with van der Waals surface area (Å²) in [5.41, 5.74) is 1.12. The van der Waals surface area contributed by atoms with Crippen LogP contribution in [0.5, 0.6) is 0 Å². The lowest BCUT2D eigenvalue weighted by Gasteiger charge is -2.28. The molecule has 3 rings (SSSR count). The average molecular weight is 346 g/mol. The summed E-state index contributed by atoms with van der Waals surface area (Å²) >= 11 is 1.48. The van der Waals surface area contributed by atoms with E-state index in [-0.39, 0.29) is 18.1 Å². The SMILES string of the molecule is COCCO[C@H]1CCN(C(=O)c2cccs2)[C@H]1Cc1cccnc1. The third-order valence-corrected chi connectivity index (χ3v) is 5.12. The van der Waals surface area contributed by atoms with Gasteiger partial charge in [0.25, 0.3) is 5.91 Å². The molecule has 0 aromatic carbocycles. The highest BCUT2D eigenvalue weighted by molar-refractivity contribution is 7.12. The van der Waals surface area contributed by atoms with Crippen LogP contribution in [-0.2, 0) is 15.9 Å². The van der Waals surface area contributed by atoms with E-state index < -0.39 is 0 Å².